The Hall–Kier alpha value is -1.82. The monoisotopic (exact) mass is 280 g/mol. The topological polar surface area (TPSA) is 85.8 Å². The molecule has 0 bridgehead atoms. The lowest BCUT2D eigenvalue weighted by atomic mass is 9.96. The number of carbonyl (C=O) groups excluding carboxylic acids is 2. The molecular weight excluding hydrogens is 260 g/mol. The molecule has 1 atom stereocenters. The Kier molecular flexibility index (Phi) is 3.85. The van der Waals surface area contributed by atoms with Crippen molar-refractivity contribution >= 4 is 11.8 Å². The maximum absolute atomic E-state index is 12.6. The predicted molar refractivity (Wildman–Crippen MR) is 72.3 cm³/mol. The van der Waals surface area contributed by atoms with Crippen LogP contribution in [0.4, 0.5) is 0 Å². The van der Waals surface area contributed by atoms with E-state index in [2.05, 4.69) is 0 Å². The molecule has 1 saturated heterocycles. The van der Waals surface area contributed by atoms with Crippen LogP contribution in [-0.4, -0.2) is 42.5 Å². The van der Waals surface area contributed by atoms with Gasteiger partial charge in [0.2, 0.25) is 5.91 Å². The largest absolute Gasteiger partial charge is 0.456 e. The summed E-state index contributed by atoms with van der Waals surface area (Å²) < 4.78 is 10.6. The quantitative estimate of drug-likeness (QED) is 0.891. The number of nitrogens with zero attached hydrogens (tertiary/aromatic N) is 1. The zero-order valence-electron chi connectivity index (χ0n) is 12.1. The van der Waals surface area contributed by atoms with E-state index in [9.17, 15) is 9.59 Å². The number of hydrogen-bond donors (Lipinski definition) is 1. The number of ether oxygens (including phenoxy) is 1. The molecule has 0 spiro atoms. The lowest BCUT2D eigenvalue weighted by Gasteiger charge is -2.34. The van der Waals surface area contributed by atoms with E-state index in [0.29, 0.717) is 18.7 Å². The summed E-state index contributed by atoms with van der Waals surface area (Å²) in [5.41, 5.74) is 5.21. The fraction of sp³-hybridized carbons (Fsp3) is 0.571. The van der Waals surface area contributed by atoms with Gasteiger partial charge < -0.3 is 19.8 Å². The molecule has 1 aromatic heterocycles. The molecule has 1 fully saturated rings. The first-order chi connectivity index (χ1) is 9.42. The van der Waals surface area contributed by atoms with E-state index in [0.717, 1.165) is 12.0 Å². The van der Waals surface area contributed by atoms with E-state index < -0.39 is 11.4 Å². The van der Waals surface area contributed by atoms with Gasteiger partial charge in [-0.1, -0.05) is 0 Å². The maximum atomic E-state index is 12.6. The van der Waals surface area contributed by atoms with Gasteiger partial charge in [-0.15, -0.1) is 0 Å². The lowest BCUT2D eigenvalue weighted by Crippen LogP contribution is -2.58. The molecule has 6 heteroatoms. The second kappa shape index (κ2) is 5.28. The van der Waals surface area contributed by atoms with Gasteiger partial charge in [0.15, 0.2) is 5.76 Å². The van der Waals surface area contributed by atoms with Crippen LogP contribution in [0.1, 0.15) is 34.7 Å². The molecule has 0 aromatic carbocycles. The van der Waals surface area contributed by atoms with Gasteiger partial charge in [-0.25, -0.2) is 0 Å². The minimum absolute atomic E-state index is 0.104. The summed E-state index contributed by atoms with van der Waals surface area (Å²) in [5.74, 6) is 0.0997. The first kappa shape index (κ1) is 14.6. The van der Waals surface area contributed by atoms with Gasteiger partial charge in [0.1, 0.15) is 11.3 Å². The molecule has 0 saturated carbocycles. The summed E-state index contributed by atoms with van der Waals surface area (Å²) in [6.45, 7) is 4.17. The number of rotatable bonds is 4. The highest BCUT2D eigenvalue weighted by molar-refractivity contribution is 5.98. The number of methoxy groups -OCH3 is 1. The van der Waals surface area contributed by atoms with Gasteiger partial charge in [-0.3, -0.25) is 9.59 Å². The van der Waals surface area contributed by atoms with Crippen LogP contribution in [0.25, 0.3) is 0 Å². The number of carbonyl (C=O) groups is 2. The molecule has 1 aliphatic rings. The van der Waals surface area contributed by atoms with Gasteiger partial charge in [-0.2, -0.15) is 0 Å². The summed E-state index contributed by atoms with van der Waals surface area (Å²) >= 11 is 0. The zero-order chi connectivity index (χ0) is 14.9. The third-order valence-corrected chi connectivity index (χ3v) is 3.81. The molecule has 1 aromatic rings. The van der Waals surface area contributed by atoms with Gasteiger partial charge in [0.25, 0.3) is 5.91 Å². The fourth-order valence-corrected chi connectivity index (χ4v) is 2.87. The molecule has 2 N–H and O–H groups in total. The Morgan fingerprint density at radius 1 is 1.50 bits per heavy atom. The SMILES string of the molecule is COCC1(C(N)=O)CCCN1C(=O)c1oc(C)cc1C. The van der Waals surface area contributed by atoms with Crippen molar-refractivity contribution in [2.75, 3.05) is 20.3 Å². The third-order valence-electron chi connectivity index (χ3n) is 3.81. The Balaban J connectivity index is 2.37. The third kappa shape index (κ3) is 2.20. The van der Waals surface area contributed by atoms with Crippen LogP contribution in [0.3, 0.4) is 0 Å². The Morgan fingerprint density at radius 3 is 2.70 bits per heavy atom. The highest BCUT2D eigenvalue weighted by atomic mass is 16.5. The minimum Gasteiger partial charge on any atom is -0.456 e. The van der Waals surface area contributed by atoms with Crippen molar-refractivity contribution < 1.29 is 18.7 Å². The molecule has 6 nitrogen and oxygen atoms in total. The van der Waals surface area contributed by atoms with Crippen molar-refractivity contribution in [3.05, 3.63) is 23.2 Å². The van der Waals surface area contributed by atoms with Crippen LogP contribution < -0.4 is 5.73 Å². The smallest absolute Gasteiger partial charge is 0.290 e. The second-order valence-corrected chi connectivity index (χ2v) is 5.26. The van der Waals surface area contributed by atoms with Crippen LogP contribution in [-0.2, 0) is 9.53 Å². The molecule has 1 unspecified atom stereocenters. The van der Waals surface area contributed by atoms with Gasteiger partial charge >= 0.3 is 0 Å². The summed E-state index contributed by atoms with van der Waals surface area (Å²) in [7, 11) is 1.49. The average Bonchev–Trinajstić information content (AvgIpc) is 2.93. The van der Waals surface area contributed by atoms with Crippen molar-refractivity contribution in [2.24, 2.45) is 5.73 Å². The zero-order valence-corrected chi connectivity index (χ0v) is 12.1. The summed E-state index contributed by atoms with van der Waals surface area (Å²) in [4.78, 5) is 26.0. The van der Waals surface area contributed by atoms with Gasteiger partial charge in [0, 0.05) is 19.2 Å². The molecule has 2 heterocycles. The summed E-state index contributed by atoms with van der Waals surface area (Å²) in [5, 5.41) is 0. The molecule has 0 aliphatic carbocycles. The predicted octanol–water partition coefficient (Wildman–Crippen LogP) is 1.00. The van der Waals surface area contributed by atoms with Crippen LogP contribution in [0.5, 0.6) is 0 Å². The second-order valence-electron chi connectivity index (χ2n) is 5.26. The molecule has 110 valence electrons. The number of likely N-dealkylation sites (tertiary alicyclic amines) is 1. The lowest BCUT2D eigenvalue weighted by molar-refractivity contribution is -0.130. The molecular formula is C14H20N2O4. The standard InChI is InChI=1S/C14H20N2O4/c1-9-7-10(2)20-11(9)12(17)16-6-4-5-14(16,8-19-3)13(15)18/h7H,4-6,8H2,1-3H3,(H2,15,18). The van der Waals surface area contributed by atoms with Crippen molar-refractivity contribution in [3.8, 4) is 0 Å². The number of primary amides is 1. The molecule has 20 heavy (non-hydrogen) atoms. The van der Waals surface area contributed by atoms with Crippen molar-refractivity contribution in [1.82, 2.24) is 4.90 Å². The average molecular weight is 280 g/mol. The normalized spacial score (nSPS) is 22.2. The number of nitrogens with two attached hydrogens (primary N) is 1. The minimum atomic E-state index is -1.07. The van der Waals surface area contributed by atoms with E-state index in [1.807, 2.05) is 6.92 Å². The van der Waals surface area contributed by atoms with E-state index in [1.54, 1.807) is 13.0 Å². The summed E-state index contributed by atoms with van der Waals surface area (Å²) in [6, 6.07) is 1.80. The maximum Gasteiger partial charge on any atom is 0.290 e. The van der Waals surface area contributed by atoms with Crippen LogP contribution in [0.2, 0.25) is 0 Å². The molecule has 2 rings (SSSR count). The Morgan fingerprint density at radius 2 is 2.20 bits per heavy atom. The number of hydrogen-bond acceptors (Lipinski definition) is 4. The number of aryl methyl sites for hydroxylation is 2. The van der Waals surface area contributed by atoms with E-state index >= 15 is 0 Å². The van der Waals surface area contributed by atoms with Gasteiger partial charge in [0.05, 0.1) is 6.61 Å². The Labute approximate surface area is 117 Å². The van der Waals surface area contributed by atoms with Crippen molar-refractivity contribution in [1.29, 1.82) is 0 Å². The van der Waals surface area contributed by atoms with Gasteiger partial charge in [-0.05, 0) is 32.8 Å². The van der Waals surface area contributed by atoms with E-state index in [-0.39, 0.29) is 18.3 Å². The highest BCUT2D eigenvalue weighted by Gasteiger charge is 2.49. The van der Waals surface area contributed by atoms with E-state index in [4.69, 9.17) is 14.9 Å². The van der Waals surface area contributed by atoms with Crippen LogP contribution >= 0.6 is 0 Å². The Bertz CT molecular complexity index is 537. The highest BCUT2D eigenvalue weighted by Crippen LogP contribution is 2.32. The van der Waals surface area contributed by atoms with E-state index in [1.165, 1.54) is 12.0 Å². The summed E-state index contributed by atoms with van der Waals surface area (Å²) in [6.07, 6.45) is 1.23. The first-order valence-corrected chi connectivity index (χ1v) is 6.60. The van der Waals surface area contributed by atoms with Crippen molar-refractivity contribution in [2.45, 2.75) is 32.2 Å². The molecule has 0 radical (unpaired) electrons. The number of furan rings is 1. The van der Waals surface area contributed by atoms with Crippen molar-refractivity contribution in [3.63, 3.8) is 0 Å². The first-order valence-electron chi connectivity index (χ1n) is 6.60. The molecule has 2 amide bonds. The fourth-order valence-electron chi connectivity index (χ4n) is 2.87. The van der Waals surface area contributed by atoms with Crippen LogP contribution in [0, 0.1) is 13.8 Å². The number of amides is 2. The molecule has 1 aliphatic heterocycles. The van der Waals surface area contributed by atoms with Crippen LogP contribution in [0.15, 0.2) is 10.5 Å².